The zero-order valence-corrected chi connectivity index (χ0v) is 17.8. The van der Waals surface area contributed by atoms with Gasteiger partial charge in [-0.1, -0.05) is 36.8 Å². The quantitative estimate of drug-likeness (QED) is 0.669. The van der Waals surface area contributed by atoms with Crippen LogP contribution in [0.4, 0.5) is 5.69 Å². The number of furan rings is 1. The van der Waals surface area contributed by atoms with Crippen molar-refractivity contribution in [2.24, 2.45) is 0 Å². The summed E-state index contributed by atoms with van der Waals surface area (Å²) in [5.74, 6) is -0.333. The van der Waals surface area contributed by atoms with Crippen molar-refractivity contribution in [2.45, 2.75) is 40.5 Å². The Morgan fingerprint density at radius 1 is 1.07 bits per heavy atom. The van der Waals surface area contributed by atoms with E-state index in [0.29, 0.717) is 0 Å². The molecule has 0 aliphatic carbocycles. The molecule has 1 N–H and O–H groups in total. The first kappa shape index (κ1) is 20.6. The van der Waals surface area contributed by atoms with E-state index in [4.69, 9.17) is 4.42 Å². The number of likely N-dealkylation sites (N-methyl/N-ethyl adjacent to an activating group) is 1. The summed E-state index contributed by atoms with van der Waals surface area (Å²) in [7, 11) is 1.65. The Balaban J connectivity index is 1.64. The van der Waals surface area contributed by atoms with Crippen LogP contribution in [-0.2, 0) is 22.4 Å². The second-order valence-electron chi connectivity index (χ2n) is 7.69. The van der Waals surface area contributed by atoms with E-state index in [1.54, 1.807) is 13.3 Å². The van der Waals surface area contributed by atoms with Crippen LogP contribution in [0.2, 0.25) is 0 Å². The normalized spacial score (nSPS) is 10.9. The average Bonchev–Trinajstić information content (AvgIpc) is 3.06. The van der Waals surface area contributed by atoms with Crippen LogP contribution in [0.5, 0.6) is 0 Å². The minimum atomic E-state index is -0.208. The number of anilines is 1. The van der Waals surface area contributed by atoms with Crippen molar-refractivity contribution < 1.29 is 14.0 Å². The molecule has 29 heavy (non-hydrogen) atoms. The molecule has 152 valence electrons. The summed E-state index contributed by atoms with van der Waals surface area (Å²) in [4.78, 5) is 26.6. The second kappa shape index (κ2) is 8.52. The standard InChI is InChI=1S/C24H28N2O3/c1-6-18-7-8-20-19(14-29-21(20)11-18)12-23(28)26(5)13-22(27)25-24-16(3)9-15(2)10-17(24)4/h7-11,14H,6,12-13H2,1-5H3,(H,25,27). The molecule has 0 atom stereocenters. The number of nitrogens with one attached hydrogen (secondary N) is 1. The Labute approximate surface area is 171 Å². The van der Waals surface area contributed by atoms with Gasteiger partial charge in [-0.05, 0) is 49.9 Å². The number of amides is 2. The Bertz CT molecular complexity index is 1040. The van der Waals surface area contributed by atoms with Gasteiger partial charge >= 0.3 is 0 Å². The Hall–Kier alpha value is -3.08. The maximum atomic E-state index is 12.6. The zero-order valence-electron chi connectivity index (χ0n) is 17.8. The Morgan fingerprint density at radius 2 is 1.76 bits per heavy atom. The molecular weight excluding hydrogens is 364 g/mol. The predicted octanol–water partition coefficient (Wildman–Crippen LogP) is 4.56. The van der Waals surface area contributed by atoms with Crippen LogP contribution in [0.25, 0.3) is 11.0 Å². The highest BCUT2D eigenvalue weighted by atomic mass is 16.3. The maximum Gasteiger partial charge on any atom is 0.243 e. The van der Waals surface area contributed by atoms with Gasteiger partial charge in [-0.15, -0.1) is 0 Å². The molecule has 0 unspecified atom stereocenters. The highest BCUT2D eigenvalue weighted by molar-refractivity contribution is 5.96. The maximum absolute atomic E-state index is 12.6. The number of rotatable bonds is 6. The van der Waals surface area contributed by atoms with Gasteiger partial charge in [0.25, 0.3) is 0 Å². The van der Waals surface area contributed by atoms with Crippen LogP contribution in [-0.4, -0.2) is 30.3 Å². The average molecular weight is 392 g/mol. The van der Waals surface area contributed by atoms with E-state index in [2.05, 4.69) is 18.3 Å². The molecule has 0 bridgehead atoms. The van der Waals surface area contributed by atoms with Crippen LogP contribution in [0.15, 0.2) is 41.0 Å². The number of benzene rings is 2. The minimum absolute atomic E-state index is 0.00135. The van der Waals surface area contributed by atoms with Crippen LogP contribution in [0, 0.1) is 20.8 Å². The summed E-state index contributed by atoms with van der Waals surface area (Å²) < 4.78 is 5.62. The van der Waals surface area contributed by atoms with E-state index in [1.165, 1.54) is 10.5 Å². The van der Waals surface area contributed by atoms with Crippen molar-refractivity contribution >= 4 is 28.5 Å². The number of aryl methyl sites for hydroxylation is 4. The molecule has 0 saturated heterocycles. The van der Waals surface area contributed by atoms with E-state index >= 15 is 0 Å². The minimum Gasteiger partial charge on any atom is -0.464 e. The molecule has 0 aliphatic rings. The van der Waals surface area contributed by atoms with Crippen molar-refractivity contribution in [3.63, 3.8) is 0 Å². The molecule has 1 heterocycles. The first-order valence-corrected chi connectivity index (χ1v) is 9.89. The lowest BCUT2D eigenvalue weighted by Crippen LogP contribution is -2.36. The third-order valence-electron chi connectivity index (χ3n) is 5.22. The van der Waals surface area contributed by atoms with Gasteiger partial charge in [0.1, 0.15) is 5.58 Å². The fourth-order valence-corrected chi connectivity index (χ4v) is 3.64. The molecule has 2 aromatic carbocycles. The van der Waals surface area contributed by atoms with E-state index in [1.807, 2.05) is 45.0 Å². The first-order valence-electron chi connectivity index (χ1n) is 9.89. The molecule has 2 amide bonds. The molecule has 0 saturated carbocycles. The third-order valence-corrected chi connectivity index (χ3v) is 5.22. The van der Waals surface area contributed by atoms with Gasteiger partial charge in [0, 0.05) is 23.7 Å². The van der Waals surface area contributed by atoms with Crippen molar-refractivity contribution in [3.05, 3.63) is 64.4 Å². The second-order valence-corrected chi connectivity index (χ2v) is 7.69. The van der Waals surface area contributed by atoms with E-state index in [0.717, 1.165) is 45.3 Å². The van der Waals surface area contributed by atoms with Gasteiger partial charge < -0.3 is 14.6 Å². The van der Waals surface area contributed by atoms with Gasteiger partial charge in [0.15, 0.2) is 0 Å². The zero-order chi connectivity index (χ0) is 21.1. The van der Waals surface area contributed by atoms with Crippen LogP contribution in [0.3, 0.4) is 0 Å². The van der Waals surface area contributed by atoms with Crippen LogP contribution in [0.1, 0.15) is 34.7 Å². The number of fused-ring (bicyclic) bond motifs is 1. The number of nitrogens with zero attached hydrogens (tertiary/aromatic N) is 1. The van der Waals surface area contributed by atoms with Crippen molar-refractivity contribution in [3.8, 4) is 0 Å². The molecular formula is C24H28N2O3. The number of hydrogen-bond acceptors (Lipinski definition) is 3. The predicted molar refractivity (Wildman–Crippen MR) is 116 cm³/mol. The molecule has 1 aromatic heterocycles. The Kier molecular flexibility index (Phi) is 6.06. The third kappa shape index (κ3) is 4.67. The number of carbonyl (C=O) groups is 2. The summed E-state index contributed by atoms with van der Waals surface area (Å²) in [6, 6.07) is 10.1. The highest BCUT2D eigenvalue weighted by Crippen LogP contribution is 2.24. The Morgan fingerprint density at radius 3 is 2.41 bits per heavy atom. The van der Waals surface area contributed by atoms with Crippen LogP contribution < -0.4 is 5.32 Å². The molecule has 0 aliphatic heterocycles. The molecule has 5 nitrogen and oxygen atoms in total. The molecule has 3 rings (SSSR count). The SMILES string of the molecule is CCc1ccc2c(CC(=O)N(C)CC(=O)Nc3c(C)cc(C)cc3C)coc2c1. The largest absolute Gasteiger partial charge is 0.464 e. The fourth-order valence-electron chi connectivity index (χ4n) is 3.64. The number of carbonyl (C=O) groups excluding carboxylic acids is 2. The summed E-state index contributed by atoms with van der Waals surface area (Å²) in [5, 5.41) is 3.89. The van der Waals surface area contributed by atoms with Crippen molar-refractivity contribution in [2.75, 3.05) is 18.9 Å². The fraction of sp³-hybridized carbons (Fsp3) is 0.333. The van der Waals surface area contributed by atoms with Gasteiger partial charge in [-0.2, -0.15) is 0 Å². The molecule has 0 radical (unpaired) electrons. The summed E-state index contributed by atoms with van der Waals surface area (Å²) in [6.07, 6.45) is 2.77. The summed E-state index contributed by atoms with van der Waals surface area (Å²) >= 11 is 0. The van der Waals surface area contributed by atoms with Crippen LogP contribution >= 0.6 is 0 Å². The molecule has 5 heteroatoms. The van der Waals surface area contributed by atoms with Gasteiger partial charge in [0.2, 0.25) is 11.8 Å². The van der Waals surface area contributed by atoms with Crippen molar-refractivity contribution in [1.82, 2.24) is 4.90 Å². The van der Waals surface area contributed by atoms with E-state index in [9.17, 15) is 9.59 Å². The molecule has 0 fully saturated rings. The highest BCUT2D eigenvalue weighted by Gasteiger charge is 2.17. The van der Waals surface area contributed by atoms with E-state index < -0.39 is 0 Å². The summed E-state index contributed by atoms with van der Waals surface area (Å²) in [6.45, 7) is 8.06. The summed E-state index contributed by atoms with van der Waals surface area (Å²) in [5.41, 5.74) is 6.82. The lowest BCUT2D eigenvalue weighted by molar-refractivity contribution is -0.132. The van der Waals surface area contributed by atoms with Gasteiger partial charge in [0.05, 0.1) is 19.2 Å². The lowest BCUT2D eigenvalue weighted by Gasteiger charge is -2.18. The monoisotopic (exact) mass is 392 g/mol. The lowest BCUT2D eigenvalue weighted by atomic mass is 10.1. The smallest absolute Gasteiger partial charge is 0.243 e. The number of hydrogen-bond donors (Lipinski definition) is 1. The van der Waals surface area contributed by atoms with Crippen molar-refractivity contribution in [1.29, 1.82) is 0 Å². The topological polar surface area (TPSA) is 62.6 Å². The first-order chi connectivity index (χ1) is 13.8. The van der Waals surface area contributed by atoms with Gasteiger partial charge in [-0.25, -0.2) is 0 Å². The van der Waals surface area contributed by atoms with Gasteiger partial charge in [-0.3, -0.25) is 9.59 Å². The molecule has 0 spiro atoms. The van der Waals surface area contributed by atoms with E-state index in [-0.39, 0.29) is 24.8 Å². The molecule has 3 aromatic rings.